The van der Waals surface area contributed by atoms with E-state index < -0.39 is 0 Å². The van der Waals surface area contributed by atoms with Crippen molar-refractivity contribution < 1.29 is 9.90 Å². The van der Waals surface area contributed by atoms with Crippen molar-refractivity contribution in [2.45, 2.75) is 19.6 Å². The van der Waals surface area contributed by atoms with Gasteiger partial charge in [-0.25, -0.2) is 4.98 Å². The van der Waals surface area contributed by atoms with Gasteiger partial charge in [-0.2, -0.15) is 5.10 Å². The number of aliphatic hydroxyl groups is 1. The van der Waals surface area contributed by atoms with Crippen LogP contribution in [0.15, 0.2) is 42.9 Å². The van der Waals surface area contributed by atoms with Crippen molar-refractivity contribution in [2.24, 2.45) is 0 Å². The topological polar surface area (TPSA) is 87.0 Å². The van der Waals surface area contributed by atoms with Crippen LogP contribution in [0.3, 0.4) is 0 Å². The number of aromatic nitrogens is 4. The lowest BCUT2D eigenvalue weighted by molar-refractivity contribution is 0.0747. The van der Waals surface area contributed by atoms with Crippen LogP contribution in [-0.2, 0) is 19.6 Å². The zero-order valence-electron chi connectivity index (χ0n) is 13.0. The molecule has 1 aliphatic heterocycles. The monoisotopic (exact) mass is 323 g/mol. The first kappa shape index (κ1) is 14.6. The zero-order valence-corrected chi connectivity index (χ0v) is 13.0. The third kappa shape index (κ3) is 2.48. The predicted octanol–water partition coefficient (Wildman–Crippen LogP) is 1.42. The van der Waals surface area contributed by atoms with E-state index in [-0.39, 0.29) is 12.5 Å². The highest BCUT2D eigenvalue weighted by Crippen LogP contribution is 2.25. The number of nitrogens with one attached hydrogen (secondary N) is 1. The summed E-state index contributed by atoms with van der Waals surface area (Å²) < 4.78 is 1.77. The molecule has 24 heavy (non-hydrogen) atoms. The van der Waals surface area contributed by atoms with E-state index in [1.807, 2.05) is 24.3 Å². The number of H-pyrrole nitrogens is 1. The molecule has 122 valence electrons. The minimum absolute atomic E-state index is 0.0184. The van der Waals surface area contributed by atoms with Crippen molar-refractivity contribution in [3.63, 3.8) is 0 Å². The second-order valence-electron chi connectivity index (χ2n) is 5.74. The van der Waals surface area contributed by atoms with Gasteiger partial charge < -0.3 is 15.0 Å². The highest BCUT2D eigenvalue weighted by atomic mass is 16.3. The number of rotatable bonds is 4. The zero-order chi connectivity index (χ0) is 16.5. The Morgan fingerprint density at radius 3 is 3.04 bits per heavy atom. The third-order valence-corrected chi connectivity index (χ3v) is 4.22. The van der Waals surface area contributed by atoms with Gasteiger partial charge in [-0.05, 0) is 12.1 Å². The van der Waals surface area contributed by atoms with Crippen molar-refractivity contribution in [2.75, 3.05) is 6.61 Å². The first-order chi connectivity index (χ1) is 11.8. The molecule has 1 amide bonds. The summed E-state index contributed by atoms with van der Waals surface area (Å²) in [4.78, 5) is 21.9. The van der Waals surface area contributed by atoms with Crippen LogP contribution in [0.25, 0.3) is 11.4 Å². The summed E-state index contributed by atoms with van der Waals surface area (Å²) in [7, 11) is 0. The number of imidazole rings is 1. The molecular weight excluding hydrogens is 306 g/mol. The molecular formula is C17H17N5O2. The number of carbonyl (C=O) groups is 1. The van der Waals surface area contributed by atoms with Gasteiger partial charge in [0, 0.05) is 35.6 Å². The van der Waals surface area contributed by atoms with Crippen LogP contribution >= 0.6 is 0 Å². The maximum Gasteiger partial charge on any atom is 0.254 e. The summed E-state index contributed by atoms with van der Waals surface area (Å²) in [6.07, 6.45) is 5.22. The maximum atomic E-state index is 12.8. The third-order valence-electron chi connectivity index (χ3n) is 4.22. The summed E-state index contributed by atoms with van der Waals surface area (Å²) in [5, 5.41) is 13.3. The molecule has 2 N–H and O–H groups in total. The van der Waals surface area contributed by atoms with Crippen LogP contribution in [0.4, 0.5) is 0 Å². The molecule has 0 saturated carbocycles. The van der Waals surface area contributed by atoms with Gasteiger partial charge in [-0.3, -0.25) is 9.48 Å². The van der Waals surface area contributed by atoms with Gasteiger partial charge in [0.2, 0.25) is 0 Å². The quantitative estimate of drug-likeness (QED) is 0.760. The number of nitrogens with zero attached hydrogens (tertiary/aromatic N) is 4. The van der Waals surface area contributed by atoms with Crippen molar-refractivity contribution in [1.82, 2.24) is 24.6 Å². The van der Waals surface area contributed by atoms with Crippen molar-refractivity contribution >= 4 is 5.91 Å². The van der Waals surface area contributed by atoms with E-state index in [1.165, 1.54) is 0 Å². The summed E-state index contributed by atoms with van der Waals surface area (Å²) in [6, 6.07) is 7.46. The number of aromatic amines is 1. The van der Waals surface area contributed by atoms with Gasteiger partial charge in [0.1, 0.15) is 5.82 Å². The van der Waals surface area contributed by atoms with Crippen LogP contribution in [-0.4, -0.2) is 42.3 Å². The van der Waals surface area contributed by atoms with E-state index in [1.54, 1.807) is 28.2 Å². The Kier molecular flexibility index (Phi) is 3.62. The van der Waals surface area contributed by atoms with Crippen LogP contribution < -0.4 is 0 Å². The number of hydrogen-bond acceptors (Lipinski definition) is 4. The molecule has 3 aromatic rings. The van der Waals surface area contributed by atoms with Crippen LogP contribution in [0.1, 0.15) is 21.6 Å². The van der Waals surface area contributed by atoms with Crippen molar-refractivity contribution in [1.29, 1.82) is 0 Å². The Morgan fingerprint density at radius 2 is 2.25 bits per heavy atom. The van der Waals surface area contributed by atoms with Gasteiger partial charge >= 0.3 is 0 Å². The van der Waals surface area contributed by atoms with Gasteiger partial charge in [-0.15, -0.1) is 0 Å². The lowest BCUT2D eigenvalue weighted by atomic mass is 10.1. The maximum absolute atomic E-state index is 12.8. The van der Waals surface area contributed by atoms with Gasteiger partial charge in [0.15, 0.2) is 0 Å². The molecule has 0 saturated heterocycles. The molecule has 1 aliphatic rings. The SMILES string of the molecule is O=C(c1cccc(-c2ncc[nH]2)c1)N1Cc2cnn(CCO)c2C1. The highest BCUT2D eigenvalue weighted by molar-refractivity contribution is 5.95. The molecule has 0 radical (unpaired) electrons. The van der Waals surface area contributed by atoms with E-state index in [2.05, 4.69) is 15.1 Å². The van der Waals surface area contributed by atoms with Gasteiger partial charge in [0.05, 0.1) is 31.6 Å². The van der Waals surface area contributed by atoms with Gasteiger partial charge in [0.25, 0.3) is 5.91 Å². The predicted molar refractivity (Wildman–Crippen MR) is 86.9 cm³/mol. The lowest BCUT2D eigenvalue weighted by Crippen LogP contribution is -2.26. The molecule has 7 heteroatoms. The van der Waals surface area contributed by atoms with Crippen LogP contribution in [0.5, 0.6) is 0 Å². The highest BCUT2D eigenvalue weighted by Gasteiger charge is 2.27. The number of carbonyl (C=O) groups excluding carboxylic acids is 1. The number of amides is 1. The van der Waals surface area contributed by atoms with E-state index in [4.69, 9.17) is 5.11 Å². The minimum Gasteiger partial charge on any atom is -0.394 e. The fourth-order valence-corrected chi connectivity index (χ4v) is 3.04. The summed E-state index contributed by atoms with van der Waals surface area (Å²) in [6.45, 7) is 1.54. The van der Waals surface area contributed by atoms with E-state index in [9.17, 15) is 4.79 Å². The number of hydrogen-bond donors (Lipinski definition) is 2. The van der Waals surface area contributed by atoms with Crippen molar-refractivity contribution in [3.8, 4) is 11.4 Å². The van der Waals surface area contributed by atoms with Crippen LogP contribution in [0, 0.1) is 0 Å². The Hall–Kier alpha value is -2.93. The first-order valence-corrected chi connectivity index (χ1v) is 7.80. The Morgan fingerprint density at radius 1 is 1.33 bits per heavy atom. The summed E-state index contributed by atoms with van der Waals surface area (Å²) in [5.74, 6) is 0.725. The summed E-state index contributed by atoms with van der Waals surface area (Å²) in [5.41, 5.74) is 3.56. The molecule has 0 bridgehead atoms. The largest absolute Gasteiger partial charge is 0.394 e. The second kappa shape index (κ2) is 5.93. The van der Waals surface area contributed by atoms with Crippen LogP contribution in [0.2, 0.25) is 0 Å². The number of aliphatic hydroxyl groups excluding tert-OH is 1. The molecule has 0 aliphatic carbocycles. The molecule has 0 fully saturated rings. The summed E-state index contributed by atoms with van der Waals surface area (Å²) >= 11 is 0. The molecule has 3 heterocycles. The second-order valence-corrected chi connectivity index (χ2v) is 5.74. The smallest absolute Gasteiger partial charge is 0.254 e. The van der Waals surface area contributed by atoms with E-state index in [0.29, 0.717) is 25.2 Å². The van der Waals surface area contributed by atoms with Gasteiger partial charge in [-0.1, -0.05) is 12.1 Å². The normalized spacial score (nSPS) is 13.3. The average Bonchev–Trinajstić information content (AvgIpc) is 3.33. The van der Waals surface area contributed by atoms with E-state index >= 15 is 0 Å². The lowest BCUT2D eigenvalue weighted by Gasteiger charge is -2.16. The average molecular weight is 323 g/mol. The molecule has 2 aromatic heterocycles. The number of benzene rings is 1. The Labute approximate surface area is 138 Å². The Bertz CT molecular complexity index is 869. The molecule has 4 rings (SSSR count). The fraction of sp³-hybridized carbons (Fsp3) is 0.235. The standard InChI is InChI=1S/C17H17N5O2/c23-7-6-22-15-11-21(10-14(15)9-20-22)17(24)13-3-1-2-12(8-13)16-18-4-5-19-16/h1-5,8-9,23H,6-7,10-11H2,(H,18,19). The minimum atomic E-state index is -0.0184. The molecule has 7 nitrogen and oxygen atoms in total. The molecule has 0 unspecified atom stereocenters. The van der Waals surface area contributed by atoms with Crippen molar-refractivity contribution in [3.05, 3.63) is 59.7 Å². The van der Waals surface area contributed by atoms with E-state index in [0.717, 1.165) is 22.6 Å². The Balaban J connectivity index is 1.56. The molecule has 1 aromatic carbocycles. The number of fused-ring (bicyclic) bond motifs is 1. The molecule has 0 atom stereocenters. The fourth-order valence-electron chi connectivity index (χ4n) is 3.04. The molecule has 0 spiro atoms. The first-order valence-electron chi connectivity index (χ1n) is 7.80.